The molecule has 1 saturated heterocycles. The number of hydrogen-bond donors (Lipinski definition) is 1. The van der Waals surface area contributed by atoms with Gasteiger partial charge >= 0.3 is 5.97 Å². The van der Waals surface area contributed by atoms with Crippen LogP contribution in [0.15, 0.2) is 18.2 Å². The summed E-state index contributed by atoms with van der Waals surface area (Å²) in [5, 5.41) is 10.6. The first-order valence-electron chi connectivity index (χ1n) is 11.8. The maximum Gasteiger partial charge on any atom is 0.325 e. The number of hydrogen-bond acceptors (Lipinski definition) is 4. The number of aryl methyl sites for hydroxylation is 1. The number of fused-ring (bicyclic) bond motifs is 5. The van der Waals surface area contributed by atoms with E-state index in [-0.39, 0.29) is 17.5 Å². The van der Waals surface area contributed by atoms with E-state index in [1.54, 1.807) is 0 Å². The van der Waals surface area contributed by atoms with Gasteiger partial charge < -0.3 is 9.84 Å². The van der Waals surface area contributed by atoms with E-state index in [1.165, 1.54) is 49.7 Å². The zero-order chi connectivity index (χ0) is 20.0. The molecule has 0 bridgehead atoms. The van der Waals surface area contributed by atoms with Crippen molar-refractivity contribution in [3.8, 4) is 5.75 Å². The van der Waals surface area contributed by atoms with Gasteiger partial charge in [-0.25, -0.2) is 0 Å². The van der Waals surface area contributed by atoms with Crippen LogP contribution in [0.1, 0.15) is 75.3 Å². The number of benzene rings is 1. The highest BCUT2D eigenvalue weighted by molar-refractivity contribution is 5.74. The van der Waals surface area contributed by atoms with Crippen molar-refractivity contribution in [3.05, 3.63) is 29.3 Å². The highest BCUT2D eigenvalue weighted by Gasteiger charge is 2.54. The maximum absolute atomic E-state index is 12.4. The number of carbonyl (C=O) groups excluding carboxylic acids is 1. The van der Waals surface area contributed by atoms with Crippen molar-refractivity contribution in [3.63, 3.8) is 0 Å². The lowest BCUT2D eigenvalue weighted by atomic mass is 9.55. The van der Waals surface area contributed by atoms with E-state index in [1.807, 2.05) is 6.07 Å². The zero-order valence-corrected chi connectivity index (χ0v) is 17.7. The molecule has 4 nitrogen and oxygen atoms in total. The minimum absolute atomic E-state index is 0.114. The molecule has 0 spiro atoms. The smallest absolute Gasteiger partial charge is 0.325 e. The van der Waals surface area contributed by atoms with Crippen LogP contribution in [-0.4, -0.2) is 41.7 Å². The fourth-order valence-electron chi connectivity index (χ4n) is 7.06. The summed E-state index contributed by atoms with van der Waals surface area (Å²) in [5.74, 6) is 2.55. The Morgan fingerprint density at radius 3 is 2.83 bits per heavy atom. The fourth-order valence-corrected chi connectivity index (χ4v) is 7.06. The Kier molecular flexibility index (Phi) is 5.19. The number of esters is 1. The van der Waals surface area contributed by atoms with Gasteiger partial charge in [0.05, 0.1) is 12.6 Å². The quantitative estimate of drug-likeness (QED) is 0.610. The molecule has 29 heavy (non-hydrogen) atoms. The molecule has 3 aliphatic carbocycles. The van der Waals surface area contributed by atoms with Crippen molar-refractivity contribution in [1.82, 2.24) is 4.90 Å². The summed E-state index contributed by atoms with van der Waals surface area (Å²) in [6.07, 6.45) is 10.3. The van der Waals surface area contributed by atoms with Gasteiger partial charge in [-0.1, -0.05) is 19.4 Å². The molecule has 3 fully saturated rings. The molecule has 0 aromatic heterocycles. The third-order valence-corrected chi connectivity index (χ3v) is 8.68. The van der Waals surface area contributed by atoms with Crippen LogP contribution >= 0.6 is 0 Å². The number of aliphatic hydroxyl groups excluding tert-OH is 1. The van der Waals surface area contributed by atoms with Gasteiger partial charge in [-0.05, 0) is 111 Å². The second-order valence-corrected chi connectivity index (χ2v) is 10.2. The molecule has 1 aromatic rings. The van der Waals surface area contributed by atoms with Crippen molar-refractivity contribution < 1.29 is 14.6 Å². The number of likely N-dealkylation sites (tertiary alicyclic amines) is 1. The Morgan fingerprint density at radius 2 is 2.00 bits per heavy atom. The summed E-state index contributed by atoms with van der Waals surface area (Å²) in [5.41, 5.74) is 2.97. The molecular weight excluding hydrogens is 362 g/mol. The lowest BCUT2D eigenvalue weighted by molar-refractivity contribution is -0.135. The number of nitrogens with zero attached hydrogens (tertiary/aromatic N) is 1. The molecule has 2 saturated carbocycles. The summed E-state index contributed by atoms with van der Waals surface area (Å²) in [7, 11) is 0. The van der Waals surface area contributed by atoms with Crippen molar-refractivity contribution in [2.24, 2.45) is 17.3 Å². The molecule has 5 atom stereocenters. The van der Waals surface area contributed by atoms with E-state index < -0.39 is 0 Å². The summed E-state index contributed by atoms with van der Waals surface area (Å²) in [6, 6.07) is 6.35. The van der Waals surface area contributed by atoms with Crippen LogP contribution in [0.4, 0.5) is 0 Å². The molecule has 4 heteroatoms. The van der Waals surface area contributed by atoms with E-state index in [9.17, 15) is 9.90 Å². The monoisotopic (exact) mass is 397 g/mol. The lowest BCUT2D eigenvalue weighted by Crippen LogP contribution is -2.43. The third kappa shape index (κ3) is 3.53. The Labute approximate surface area is 174 Å². The van der Waals surface area contributed by atoms with Crippen molar-refractivity contribution in [2.75, 3.05) is 19.6 Å². The van der Waals surface area contributed by atoms with Crippen molar-refractivity contribution >= 4 is 5.97 Å². The topological polar surface area (TPSA) is 49.8 Å². The molecule has 0 radical (unpaired) electrons. The summed E-state index contributed by atoms with van der Waals surface area (Å²) >= 11 is 0. The average molecular weight is 398 g/mol. The van der Waals surface area contributed by atoms with Crippen LogP contribution in [0.25, 0.3) is 0 Å². The van der Waals surface area contributed by atoms with E-state index in [2.05, 4.69) is 24.0 Å². The van der Waals surface area contributed by atoms with Crippen LogP contribution in [0.3, 0.4) is 0 Å². The number of ether oxygens (including phenoxy) is 1. The Morgan fingerprint density at radius 1 is 1.17 bits per heavy atom. The number of aliphatic hydroxyl groups is 1. The Bertz CT molecular complexity index is 771. The second kappa shape index (κ2) is 7.70. The standard InChI is InChI=1S/C25H35NO3/c1-25-12-11-20-19-8-6-18(29-24(28)16-26-13-3-2-4-14-26)15-17(19)5-7-21(20)22(25)9-10-23(25)27/h6,8,15,20-23,27H,2-5,7,9-14,16H2,1H3. The van der Waals surface area contributed by atoms with E-state index in [0.717, 1.165) is 32.4 Å². The minimum Gasteiger partial charge on any atom is -0.426 e. The van der Waals surface area contributed by atoms with Gasteiger partial charge in [0, 0.05) is 0 Å². The zero-order valence-electron chi connectivity index (χ0n) is 17.7. The van der Waals surface area contributed by atoms with Gasteiger partial charge in [0.2, 0.25) is 0 Å². The van der Waals surface area contributed by atoms with Gasteiger partial charge in [-0.15, -0.1) is 0 Å². The number of carbonyl (C=O) groups is 1. The van der Waals surface area contributed by atoms with Gasteiger partial charge in [0.15, 0.2) is 0 Å². The first kappa shape index (κ1) is 19.6. The van der Waals surface area contributed by atoms with Crippen LogP contribution in [-0.2, 0) is 11.2 Å². The highest BCUT2D eigenvalue weighted by atomic mass is 16.5. The fraction of sp³-hybridized carbons (Fsp3) is 0.720. The Balaban J connectivity index is 1.28. The average Bonchev–Trinajstić information content (AvgIpc) is 3.03. The van der Waals surface area contributed by atoms with Crippen LogP contribution in [0.2, 0.25) is 0 Å². The van der Waals surface area contributed by atoms with Gasteiger partial charge in [-0.2, -0.15) is 0 Å². The van der Waals surface area contributed by atoms with E-state index >= 15 is 0 Å². The second-order valence-electron chi connectivity index (χ2n) is 10.2. The molecule has 5 rings (SSSR count). The first-order chi connectivity index (χ1) is 14.0. The summed E-state index contributed by atoms with van der Waals surface area (Å²) in [6.45, 7) is 4.75. The first-order valence-corrected chi connectivity index (χ1v) is 11.8. The predicted octanol–water partition coefficient (Wildman–Crippen LogP) is 4.29. The summed E-state index contributed by atoms with van der Waals surface area (Å²) in [4.78, 5) is 14.6. The van der Waals surface area contributed by atoms with E-state index in [4.69, 9.17) is 4.74 Å². The molecule has 158 valence electrons. The van der Waals surface area contributed by atoms with Crippen LogP contribution in [0, 0.1) is 17.3 Å². The minimum atomic E-state index is -0.131. The molecular formula is C25H35NO3. The third-order valence-electron chi connectivity index (χ3n) is 8.68. The van der Waals surface area contributed by atoms with Gasteiger partial charge in [0.1, 0.15) is 5.75 Å². The molecule has 1 aromatic carbocycles. The van der Waals surface area contributed by atoms with E-state index in [0.29, 0.717) is 30.0 Å². The maximum atomic E-state index is 12.4. The molecule has 1 aliphatic heterocycles. The molecule has 0 amide bonds. The number of piperidine rings is 1. The van der Waals surface area contributed by atoms with Crippen molar-refractivity contribution in [2.45, 2.75) is 76.7 Å². The predicted molar refractivity (Wildman–Crippen MR) is 113 cm³/mol. The number of rotatable bonds is 3. The molecule has 5 unspecified atom stereocenters. The van der Waals surface area contributed by atoms with Gasteiger partial charge in [-0.3, -0.25) is 9.69 Å². The van der Waals surface area contributed by atoms with Crippen LogP contribution < -0.4 is 4.74 Å². The molecule has 1 heterocycles. The summed E-state index contributed by atoms with van der Waals surface area (Å²) < 4.78 is 5.71. The van der Waals surface area contributed by atoms with Crippen molar-refractivity contribution in [1.29, 1.82) is 0 Å². The largest absolute Gasteiger partial charge is 0.426 e. The molecule has 1 N–H and O–H groups in total. The van der Waals surface area contributed by atoms with Gasteiger partial charge in [0.25, 0.3) is 0 Å². The molecule has 4 aliphatic rings. The SMILES string of the molecule is CC12CCC3c4ccc(OC(=O)CN5CCCCC5)cc4CCC3C1CCC2O. The highest BCUT2D eigenvalue weighted by Crippen LogP contribution is 2.60. The Hall–Kier alpha value is -1.39. The van der Waals surface area contributed by atoms with Crippen LogP contribution in [0.5, 0.6) is 5.75 Å². The lowest BCUT2D eigenvalue weighted by Gasteiger charge is -2.50. The normalized spacial score (nSPS) is 36.8.